The van der Waals surface area contributed by atoms with Crippen LogP contribution in [0.2, 0.25) is 0 Å². The number of nitrogens with zero attached hydrogens (tertiary/aromatic N) is 2. The molecule has 0 N–H and O–H groups in total. The molecule has 110 valence electrons. The van der Waals surface area contributed by atoms with Gasteiger partial charge in [0.15, 0.2) is 0 Å². The molecule has 2 fully saturated rings. The zero-order valence-corrected chi connectivity index (χ0v) is 12.0. The molecule has 3 nitrogen and oxygen atoms in total. The Morgan fingerprint density at radius 1 is 1.33 bits per heavy atom. The van der Waals surface area contributed by atoms with E-state index in [-0.39, 0.29) is 17.8 Å². The van der Waals surface area contributed by atoms with Crippen molar-refractivity contribution in [2.75, 3.05) is 6.54 Å². The van der Waals surface area contributed by atoms with Crippen LogP contribution in [0, 0.1) is 23.1 Å². The number of hydrogen-bond donors (Lipinski definition) is 0. The minimum atomic E-state index is -0.322. The molecule has 1 saturated carbocycles. The van der Waals surface area contributed by atoms with Gasteiger partial charge in [0.25, 0.3) is 0 Å². The molecule has 2 unspecified atom stereocenters. The number of carbonyl (C=O) groups excluding carboxylic acids is 1. The van der Waals surface area contributed by atoms with Crippen molar-refractivity contribution in [3.8, 4) is 6.07 Å². The highest BCUT2D eigenvalue weighted by Gasteiger charge is 2.38. The molecule has 1 saturated heterocycles. The minimum Gasteiger partial charge on any atom is -0.299 e. The van der Waals surface area contributed by atoms with Gasteiger partial charge in [0.05, 0.1) is 11.6 Å². The monoisotopic (exact) mass is 286 g/mol. The summed E-state index contributed by atoms with van der Waals surface area (Å²) in [5.41, 5.74) is 0.964. The molecule has 0 aromatic heterocycles. The van der Waals surface area contributed by atoms with E-state index < -0.39 is 0 Å². The van der Waals surface area contributed by atoms with Crippen LogP contribution in [0.3, 0.4) is 0 Å². The Kier molecular flexibility index (Phi) is 4.03. The van der Waals surface area contributed by atoms with Gasteiger partial charge in [-0.1, -0.05) is 6.07 Å². The van der Waals surface area contributed by atoms with Gasteiger partial charge in [-0.15, -0.1) is 0 Å². The molecule has 0 spiro atoms. The first-order valence-electron chi connectivity index (χ1n) is 7.64. The third-order valence-corrected chi connectivity index (χ3v) is 4.79. The van der Waals surface area contributed by atoms with Gasteiger partial charge in [-0.3, -0.25) is 9.69 Å². The number of hydrogen-bond acceptors (Lipinski definition) is 3. The van der Waals surface area contributed by atoms with E-state index >= 15 is 0 Å². The minimum absolute atomic E-state index is 0.147. The van der Waals surface area contributed by atoms with Crippen LogP contribution in [0.25, 0.3) is 0 Å². The van der Waals surface area contributed by atoms with E-state index in [1.54, 1.807) is 12.1 Å². The van der Waals surface area contributed by atoms with Crippen molar-refractivity contribution in [2.45, 2.75) is 44.7 Å². The van der Waals surface area contributed by atoms with Crippen molar-refractivity contribution in [1.29, 1.82) is 5.26 Å². The number of ketones is 1. The van der Waals surface area contributed by atoms with Crippen LogP contribution < -0.4 is 0 Å². The molecule has 2 aliphatic rings. The third-order valence-electron chi connectivity index (χ3n) is 4.79. The lowest BCUT2D eigenvalue weighted by Crippen LogP contribution is -2.37. The van der Waals surface area contributed by atoms with E-state index in [1.807, 2.05) is 6.07 Å². The molecule has 0 amide bonds. The molecule has 1 aliphatic carbocycles. The number of benzene rings is 1. The Balaban J connectivity index is 1.74. The highest BCUT2D eigenvalue weighted by molar-refractivity contribution is 5.83. The Morgan fingerprint density at radius 3 is 2.86 bits per heavy atom. The first-order valence-corrected chi connectivity index (χ1v) is 7.64. The molecular weight excluding hydrogens is 267 g/mol. The predicted octanol–water partition coefficient (Wildman–Crippen LogP) is 3.03. The molecule has 4 heteroatoms. The van der Waals surface area contributed by atoms with Crippen LogP contribution in [-0.2, 0) is 11.3 Å². The SMILES string of the molecule is N#Cc1ccc(CN2CCCC2C2CCCC2=O)c(F)c1. The van der Waals surface area contributed by atoms with Crippen LogP contribution in [0.15, 0.2) is 18.2 Å². The highest BCUT2D eigenvalue weighted by Crippen LogP contribution is 2.34. The first-order chi connectivity index (χ1) is 10.2. The maximum atomic E-state index is 14.0. The van der Waals surface area contributed by atoms with E-state index in [2.05, 4.69) is 4.90 Å². The largest absolute Gasteiger partial charge is 0.299 e. The molecule has 1 heterocycles. The number of rotatable bonds is 3. The number of nitriles is 1. The van der Waals surface area contributed by atoms with E-state index in [9.17, 15) is 9.18 Å². The summed E-state index contributed by atoms with van der Waals surface area (Å²) in [7, 11) is 0. The van der Waals surface area contributed by atoms with Crippen molar-refractivity contribution in [1.82, 2.24) is 4.90 Å². The van der Waals surface area contributed by atoms with E-state index in [0.29, 0.717) is 29.9 Å². The normalized spacial score (nSPS) is 26.2. The Bertz CT molecular complexity index is 593. The Morgan fingerprint density at radius 2 is 2.19 bits per heavy atom. The fourth-order valence-electron chi connectivity index (χ4n) is 3.72. The lowest BCUT2D eigenvalue weighted by Gasteiger charge is -2.28. The van der Waals surface area contributed by atoms with Gasteiger partial charge in [0.1, 0.15) is 11.6 Å². The van der Waals surface area contributed by atoms with Gasteiger partial charge in [0, 0.05) is 30.5 Å². The second-order valence-corrected chi connectivity index (χ2v) is 6.06. The quantitative estimate of drug-likeness (QED) is 0.858. The summed E-state index contributed by atoms with van der Waals surface area (Å²) in [6.45, 7) is 1.46. The molecule has 2 atom stereocenters. The number of carbonyl (C=O) groups is 1. The third kappa shape index (κ3) is 2.84. The zero-order chi connectivity index (χ0) is 14.8. The summed E-state index contributed by atoms with van der Waals surface area (Å²) in [6, 6.07) is 6.87. The van der Waals surface area contributed by atoms with Gasteiger partial charge in [-0.2, -0.15) is 5.26 Å². The molecule has 1 aromatic rings. The van der Waals surface area contributed by atoms with Crippen LogP contribution in [0.1, 0.15) is 43.2 Å². The molecule has 0 radical (unpaired) electrons. The van der Waals surface area contributed by atoms with Gasteiger partial charge in [-0.25, -0.2) is 4.39 Å². The lowest BCUT2D eigenvalue weighted by molar-refractivity contribution is -0.122. The summed E-state index contributed by atoms with van der Waals surface area (Å²) in [5, 5.41) is 8.79. The van der Waals surface area contributed by atoms with Crippen LogP contribution in [0.5, 0.6) is 0 Å². The maximum Gasteiger partial charge on any atom is 0.137 e. The van der Waals surface area contributed by atoms with Crippen molar-refractivity contribution in [3.63, 3.8) is 0 Å². The number of halogens is 1. The van der Waals surface area contributed by atoms with Crippen molar-refractivity contribution >= 4 is 5.78 Å². The van der Waals surface area contributed by atoms with Crippen LogP contribution >= 0.6 is 0 Å². The Hall–Kier alpha value is -1.73. The van der Waals surface area contributed by atoms with Crippen molar-refractivity contribution < 1.29 is 9.18 Å². The van der Waals surface area contributed by atoms with Crippen molar-refractivity contribution in [2.24, 2.45) is 5.92 Å². The molecular formula is C17H19FN2O. The smallest absolute Gasteiger partial charge is 0.137 e. The van der Waals surface area contributed by atoms with E-state index in [1.165, 1.54) is 6.07 Å². The fraction of sp³-hybridized carbons (Fsp3) is 0.529. The second kappa shape index (κ2) is 5.95. The average molecular weight is 286 g/mol. The van der Waals surface area contributed by atoms with Crippen LogP contribution in [-0.4, -0.2) is 23.3 Å². The molecule has 1 aliphatic heterocycles. The summed E-state index contributed by atoms with van der Waals surface area (Å²) in [6.07, 6.45) is 4.80. The lowest BCUT2D eigenvalue weighted by atomic mass is 9.95. The highest BCUT2D eigenvalue weighted by atomic mass is 19.1. The van der Waals surface area contributed by atoms with Gasteiger partial charge in [0.2, 0.25) is 0 Å². The molecule has 0 bridgehead atoms. The average Bonchev–Trinajstić information content (AvgIpc) is 3.09. The first kappa shape index (κ1) is 14.2. The Labute approximate surface area is 124 Å². The van der Waals surface area contributed by atoms with Crippen molar-refractivity contribution in [3.05, 3.63) is 35.1 Å². The van der Waals surface area contributed by atoms with Gasteiger partial charge >= 0.3 is 0 Å². The van der Waals surface area contributed by atoms with E-state index in [4.69, 9.17) is 5.26 Å². The van der Waals surface area contributed by atoms with E-state index in [0.717, 1.165) is 32.2 Å². The summed E-state index contributed by atoms with van der Waals surface area (Å²) >= 11 is 0. The fourth-order valence-corrected chi connectivity index (χ4v) is 3.72. The topological polar surface area (TPSA) is 44.1 Å². The zero-order valence-electron chi connectivity index (χ0n) is 12.0. The maximum absolute atomic E-state index is 14.0. The summed E-state index contributed by atoms with van der Waals surface area (Å²) < 4.78 is 14.0. The second-order valence-electron chi connectivity index (χ2n) is 6.06. The molecule has 3 rings (SSSR count). The predicted molar refractivity (Wildman–Crippen MR) is 76.9 cm³/mol. The molecule has 1 aromatic carbocycles. The molecule has 21 heavy (non-hydrogen) atoms. The van der Waals surface area contributed by atoms with Gasteiger partial charge < -0.3 is 0 Å². The number of likely N-dealkylation sites (tertiary alicyclic amines) is 1. The van der Waals surface area contributed by atoms with Crippen LogP contribution in [0.4, 0.5) is 4.39 Å². The van der Waals surface area contributed by atoms with Gasteiger partial charge in [-0.05, 0) is 44.4 Å². The number of Topliss-reactive ketones (excluding diaryl/α,β-unsaturated/α-hetero) is 1. The standard InChI is InChI=1S/C17H19FN2O/c18-15-9-12(10-19)6-7-13(15)11-20-8-2-4-16(20)14-3-1-5-17(14)21/h6-7,9,14,16H,1-5,8,11H2. The summed E-state index contributed by atoms with van der Waals surface area (Å²) in [4.78, 5) is 14.2. The summed E-state index contributed by atoms with van der Waals surface area (Å²) in [5.74, 6) is 0.207.